The molecule has 0 spiro atoms. The van der Waals surface area contributed by atoms with Crippen molar-refractivity contribution in [3.8, 4) is 5.75 Å². The molecule has 0 saturated carbocycles. The zero-order valence-corrected chi connectivity index (χ0v) is 20.5. The van der Waals surface area contributed by atoms with E-state index in [-0.39, 0.29) is 28.6 Å². The summed E-state index contributed by atoms with van der Waals surface area (Å²) in [4.78, 5) is 44.4. The second-order valence-electron chi connectivity index (χ2n) is 8.30. The third-order valence-electron chi connectivity index (χ3n) is 5.59. The highest BCUT2D eigenvalue weighted by atomic mass is 35.5. The van der Waals surface area contributed by atoms with Crippen LogP contribution < -0.4 is 9.64 Å². The summed E-state index contributed by atoms with van der Waals surface area (Å²) in [5.74, 6) is -2.38. The number of carbonyl (C=O) groups excluding carboxylic acids is 3. The highest BCUT2D eigenvalue weighted by Crippen LogP contribution is 2.42. The van der Waals surface area contributed by atoms with Crippen molar-refractivity contribution in [2.24, 2.45) is 0 Å². The van der Waals surface area contributed by atoms with Crippen molar-refractivity contribution in [1.82, 2.24) is 4.98 Å². The Balaban J connectivity index is 1.89. The Hall–Kier alpha value is -4.17. The molecule has 1 aliphatic heterocycles. The number of nitrogens with zero attached hydrogens (tertiary/aromatic N) is 2. The van der Waals surface area contributed by atoms with E-state index in [9.17, 15) is 19.5 Å². The number of hydrogen-bond acceptors (Lipinski definition) is 7. The molecule has 1 saturated heterocycles. The number of Topliss-reactive ketones (excluding diaryl/α,β-unsaturated/α-hetero) is 1. The van der Waals surface area contributed by atoms with Gasteiger partial charge in [0.15, 0.2) is 0 Å². The number of anilines is 1. The maximum absolute atomic E-state index is 13.3. The number of ether oxygens (including phenoxy) is 2. The van der Waals surface area contributed by atoms with E-state index < -0.39 is 23.7 Å². The average Bonchev–Trinajstić information content (AvgIpc) is 3.14. The minimum absolute atomic E-state index is 0.120. The molecule has 1 atom stereocenters. The SMILES string of the molecule is COc1cc(/C(O)=C2\C(=O)C(=O)N(c3cccc(C(=O)OC(C)C)c3)C2c2ccncc2)ccc1Cl. The summed E-state index contributed by atoms with van der Waals surface area (Å²) < 4.78 is 10.5. The van der Waals surface area contributed by atoms with Gasteiger partial charge in [-0.1, -0.05) is 17.7 Å². The van der Waals surface area contributed by atoms with Crippen molar-refractivity contribution in [1.29, 1.82) is 0 Å². The van der Waals surface area contributed by atoms with Gasteiger partial charge in [0.1, 0.15) is 11.5 Å². The molecule has 8 nitrogen and oxygen atoms in total. The van der Waals surface area contributed by atoms with Gasteiger partial charge >= 0.3 is 5.97 Å². The fraction of sp³-hybridized carbons (Fsp3) is 0.185. The lowest BCUT2D eigenvalue weighted by atomic mass is 9.95. The van der Waals surface area contributed by atoms with Crippen LogP contribution in [0.25, 0.3) is 5.76 Å². The van der Waals surface area contributed by atoms with Crippen molar-refractivity contribution in [2.75, 3.05) is 12.0 Å². The fourth-order valence-electron chi connectivity index (χ4n) is 3.99. The van der Waals surface area contributed by atoms with E-state index in [0.717, 1.165) is 0 Å². The van der Waals surface area contributed by atoms with E-state index in [0.29, 0.717) is 22.0 Å². The Morgan fingerprint density at radius 2 is 1.78 bits per heavy atom. The van der Waals surface area contributed by atoms with Gasteiger partial charge in [-0.2, -0.15) is 0 Å². The molecule has 4 rings (SSSR count). The smallest absolute Gasteiger partial charge is 0.338 e. The molecule has 184 valence electrons. The summed E-state index contributed by atoms with van der Waals surface area (Å²) >= 11 is 6.12. The van der Waals surface area contributed by atoms with Gasteiger partial charge in [0, 0.05) is 23.6 Å². The van der Waals surface area contributed by atoms with Crippen LogP contribution in [0.3, 0.4) is 0 Å². The number of ketones is 1. The fourth-order valence-corrected chi connectivity index (χ4v) is 4.18. The van der Waals surface area contributed by atoms with Gasteiger partial charge in [0.05, 0.1) is 35.4 Å². The van der Waals surface area contributed by atoms with Crippen molar-refractivity contribution in [2.45, 2.75) is 26.0 Å². The quantitative estimate of drug-likeness (QED) is 0.218. The van der Waals surface area contributed by atoms with E-state index in [2.05, 4.69) is 4.98 Å². The monoisotopic (exact) mass is 506 g/mol. The van der Waals surface area contributed by atoms with Crippen LogP contribution in [0.1, 0.15) is 41.4 Å². The molecule has 3 aromatic rings. The predicted octanol–water partition coefficient (Wildman–Crippen LogP) is 4.94. The molecule has 0 aliphatic carbocycles. The van der Waals surface area contributed by atoms with Crippen LogP contribution in [0, 0.1) is 0 Å². The first-order valence-corrected chi connectivity index (χ1v) is 11.5. The lowest BCUT2D eigenvalue weighted by Crippen LogP contribution is -2.29. The number of esters is 1. The van der Waals surface area contributed by atoms with E-state index in [1.165, 1.54) is 48.7 Å². The van der Waals surface area contributed by atoms with Crippen molar-refractivity contribution < 1.29 is 29.0 Å². The molecule has 1 fully saturated rings. The molecule has 9 heteroatoms. The highest BCUT2D eigenvalue weighted by molar-refractivity contribution is 6.51. The number of aromatic nitrogens is 1. The second kappa shape index (κ2) is 10.2. The molecule has 0 bridgehead atoms. The molecular formula is C27H23ClN2O6. The van der Waals surface area contributed by atoms with Crippen molar-refractivity contribution in [3.63, 3.8) is 0 Å². The van der Waals surface area contributed by atoms with E-state index in [1.54, 1.807) is 44.2 Å². The molecule has 36 heavy (non-hydrogen) atoms. The second-order valence-corrected chi connectivity index (χ2v) is 8.71. The van der Waals surface area contributed by atoms with Gasteiger partial charge < -0.3 is 14.6 Å². The Kier molecular flexibility index (Phi) is 7.07. The van der Waals surface area contributed by atoms with Crippen LogP contribution >= 0.6 is 11.6 Å². The Morgan fingerprint density at radius 3 is 2.44 bits per heavy atom. The number of halogens is 1. The van der Waals surface area contributed by atoms with Gasteiger partial charge in [0.25, 0.3) is 11.7 Å². The van der Waals surface area contributed by atoms with Gasteiger partial charge in [-0.15, -0.1) is 0 Å². The van der Waals surface area contributed by atoms with Crippen LogP contribution in [-0.2, 0) is 14.3 Å². The minimum atomic E-state index is -0.981. The number of rotatable bonds is 6. The summed E-state index contributed by atoms with van der Waals surface area (Å²) in [5, 5.41) is 11.6. The average molecular weight is 507 g/mol. The summed E-state index contributed by atoms with van der Waals surface area (Å²) in [6, 6.07) is 13.1. The predicted molar refractivity (Wildman–Crippen MR) is 134 cm³/mol. The summed E-state index contributed by atoms with van der Waals surface area (Å²) in [7, 11) is 1.43. The Morgan fingerprint density at radius 1 is 1.06 bits per heavy atom. The van der Waals surface area contributed by atoms with E-state index in [1.807, 2.05) is 0 Å². The summed E-state index contributed by atoms with van der Waals surface area (Å²) in [5.41, 5.74) is 1.19. The zero-order valence-electron chi connectivity index (χ0n) is 19.8. The van der Waals surface area contributed by atoms with Crippen molar-refractivity contribution in [3.05, 3.63) is 94.3 Å². The third kappa shape index (κ3) is 4.67. The number of amides is 1. The first kappa shape index (κ1) is 24.9. The molecule has 2 heterocycles. The lowest BCUT2D eigenvalue weighted by molar-refractivity contribution is -0.132. The van der Waals surface area contributed by atoms with Crippen molar-refractivity contribution >= 4 is 40.7 Å². The number of benzene rings is 2. The van der Waals surface area contributed by atoms with Crippen LogP contribution in [0.4, 0.5) is 5.69 Å². The number of hydrogen-bond donors (Lipinski definition) is 1. The summed E-state index contributed by atoms with van der Waals surface area (Å²) in [6.45, 7) is 3.46. The maximum atomic E-state index is 13.3. The van der Waals surface area contributed by atoms with Gasteiger partial charge in [-0.25, -0.2) is 4.79 Å². The zero-order chi connectivity index (χ0) is 26.0. The molecule has 1 N–H and O–H groups in total. The molecule has 1 aromatic heterocycles. The third-order valence-corrected chi connectivity index (χ3v) is 5.91. The van der Waals surface area contributed by atoms with Gasteiger partial charge in [-0.3, -0.25) is 19.5 Å². The topological polar surface area (TPSA) is 106 Å². The lowest BCUT2D eigenvalue weighted by Gasteiger charge is -2.25. The normalized spacial score (nSPS) is 16.9. The largest absolute Gasteiger partial charge is 0.507 e. The molecule has 1 unspecified atom stereocenters. The standard InChI is InChI=1S/C27H23ClN2O6/c1-15(2)36-27(34)18-5-4-6-19(13-18)30-23(16-9-11-29-12-10-16)22(25(32)26(30)33)24(31)17-7-8-20(28)21(14-17)35-3/h4-15,23,31H,1-3H3/b24-22+. The van der Waals surface area contributed by atoms with Gasteiger partial charge in [-0.05, 0) is 67.9 Å². The molecule has 1 amide bonds. The summed E-state index contributed by atoms with van der Waals surface area (Å²) in [6.07, 6.45) is 2.72. The van der Waals surface area contributed by atoms with Crippen LogP contribution in [-0.4, -0.2) is 41.0 Å². The molecule has 2 aromatic carbocycles. The molecule has 0 radical (unpaired) electrons. The number of pyridine rings is 1. The van der Waals surface area contributed by atoms with E-state index >= 15 is 0 Å². The van der Waals surface area contributed by atoms with E-state index in [4.69, 9.17) is 21.1 Å². The number of aliphatic hydroxyl groups excluding tert-OH is 1. The number of aliphatic hydroxyl groups is 1. The minimum Gasteiger partial charge on any atom is -0.507 e. The van der Waals surface area contributed by atoms with Crippen LogP contribution in [0.5, 0.6) is 5.75 Å². The number of methoxy groups -OCH3 is 1. The first-order chi connectivity index (χ1) is 17.2. The van der Waals surface area contributed by atoms with Gasteiger partial charge in [0.2, 0.25) is 0 Å². The number of carbonyl (C=O) groups is 3. The van der Waals surface area contributed by atoms with Crippen LogP contribution in [0.2, 0.25) is 5.02 Å². The first-order valence-electron chi connectivity index (χ1n) is 11.1. The van der Waals surface area contributed by atoms with Crippen LogP contribution in [0.15, 0.2) is 72.6 Å². The maximum Gasteiger partial charge on any atom is 0.338 e. The molecule has 1 aliphatic rings. The molecular weight excluding hydrogens is 484 g/mol. The highest BCUT2D eigenvalue weighted by Gasteiger charge is 2.47. The Labute approximate surface area is 212 Å². The Bertz CT molecular complexity index is 1370.